The maximum absolute atomic E-state index is 5.87. The molecule has 0 radical (unpaired) electrons. The molecule has 0 atom stereocenters. The molecular formula is C16H33N3OS2. The first kappa shape index (κ1) is 21.5. The fourth-order valence-corrected chi connectivity index (χ4v) is 4.92. The lowest BCUT2D eigenvalue weighted by atomic mass is 9.92. The van der Waals surface area contributed by atoms with Crippen LogP contribution in [0.4, 0.5) is 0 Å². The molecule has 0 unspecified atom stereocenters. The third kappa shape index (κ3) is 12.1. The molecule has 130 valence electrons. The maximum atomic E-state index is 5.87. The summed E-state index contributed by atoms with van der Waals surface area (Å²) in [4.78, 5) is 2.21. The van der Waals surface area contributed by atoms with Gasteiger partial charge in [0.25, 0.3) is 0 Å². The van der Waals surface area contributed by atoms with Gasteiger partial charge >= 0.3 is 0 Å². The highest BCUT2D eigenvalue weighted by atomic mass is 33.1. The number of ether oxygens (including phenoxy) is 1. The molecule has 4 nitrogen and oxygen atoms in total. The number of rotatable bonds is 12. The predicted molar refractivity (Wildman–Crippen MR) is 103 cm³/mol. The van der Waals surface area contributed by atoms with Gasteiger partial charge in [-0.25, -0.2) is 0 Å². The molecule has 0 heterocycles. The third-order valence-corrected chi connectivity index (χ3v) is 6.06. The van der Waals surface area contributed by atoms with Gasteiger partial charge in [-0.15, -0.1) is 0 Å². The summed E-state index contributed by atoms with van der Waals surface area (Å²) in [5.74, 6) is 1.14. The smallest absolute Gasteiger partial charge is 0.128 e. The van der Waals surface area contributed by atoms with Gasteiger partial charge in [-0.2, -0.15) is 0 Å². The Bertz CT molecular complexity index is 355. The molecule has 0 aromatic heterocycles. The minimum atomic E-state index is -0.0304. The number of hydrogen-bond donors (Lipinski definition) is 2. The molecule has 0 aliphatic carbocycles. The van der Waals surface area contributed by atoms with Crippen LogP contribution in [0.2, 0.25) is 0 Å². The fourth-order valence-electron chi connectivity index (χ4n) is 2.05. The summed E-state index contributed by atoms with van der Waals surface area (Å²) in [6, 6.07) is 0. The van der Waals surface area contributed by atoms with Crippen LogP contribution in [0.3, 0.4) is 0 Å². The number of nitrogens with one attached hydrogen (secondary N) is 1. The van der Waals surface area contributed by atoms with Gasteiger partial charge in [-0.1, -0.05) is 28.2 Å². The van der Waals surface area contributed by atoms with Crippen LogP contribution in [0.1, 0.15) is 34.1 Å². The molecular weight excluding hydrogens is 314 g/mol. The topological polar surface area (TPSA) is 50.5 Å². The van der Waals surface area contributed by atoms with E-state index in [0.29, 0.717) is 12.3 Å². The SMILES string of the molecule is C=COC/C(N)=C/NC(C)(C)CC(C)(C)SSCCN(C)C. The summed E-state index contributed by atoms with van der Waals surface area (Å²) < 4.78 is 5.25. The van der Waals surface area contributed by atoms with Crippen LogP contribution in [0.15, 0.2) is 24.7 Å². The van der Waals surface area contributed by atoms with Crippen LogP contribution >= 0.6 is 21.6 Å². The molecule has 0 saturated carbocycles. The summed E-state index contributed by atoms with van der Waals surface area (Å²) in [6.45, 7) is 13.9. The Kier molecular flexibility index (Phi) is 10.1. The normalized spacial score (nSPS) is 13.3. The van der Waals surface area contributed by atoms with Crippen molar-refractivity contribution < 1.29 is 4.74 Å². The highest BCUT2D eigenvalue weighted by Gasteiger charge is 2.28. The van der Waals surface area contributed by atoms with E-state index in [4.69, 9.17) is 10.5 Å². The van der Waals surface area contributed by atoms with E-state index in [0.717, 1.165) is 18.7 Å². The van der Waals surface area contributed by atoms with Crippen molar-refractivity contribution in [1.29, 1.82) is 0 Å². The molecule has 0 saturated heterocycles. The highest BCUT2D eigenvalue weighted by Crippen LogP contribution is 2.40. The summed E-state index contributed by atoms with van der Waals surface area (Å²) in [5, 5.41) is 3.40. The third-order valence-electron chi connectivity index (χ3n) is 2.79. The van der Waals surface area contributed by atoms with Crippen molar-refractivity contribution in [2.24, 2.45) is 5.73 Å². The average Bonchev–Trinajstić information content (AvgIpc) is 2.38. The van der Waals surface area contributed by atoms with E-state index in [1.165, 1.54) is 6.26 Å². The zero-order chi connectivity index (χ0) is 17.2. The quantitative estimate of drug-likeness (QED) is 0.320. The zero-order valence-corrected chi connectivity index (χ0v) is 16.6. The van der Waals surface area contributed by atoms with Crippen LogP contribution in [-0.2, 0) is 4.74 Å². The molecule has 0 amide bonds. The van der Waals surface area contributed by atoms with Gasteiger partial charge in [-0.3, -0.25) is 0 Å². The first-order chi connectivity index (χ1) is 10.1. The van der Waals surface area contributed by atoms with Gasteiger partial charge in [-0.05, 0) is 48.2 Å². The average molecular weight is 348 g/mol. The van der Waals surface area contributed by atoms with Crippen molar-refractivity contribution in [3.05, 3.63) is 24.7 Å². The minimum absolute atomic E-state index is 0.0304. The van der Waals surface area contributed by atoms with E-state index in [1.807, 2.05) is 27.8 Å². The molecule has 0 rings (SSSR count). The molecule has 3 N–H and O–H groups in total. The Balaban J connectivity index is 4.27. The maximum Gasteiger partial charge on any atom is 0.128 e. The lowest BCUT2D eigenvalue weighted by Crippen LogP contribution is -2.41. The minimum Gasteiger partial charge on any atom is -0.496 e. The van der Waals surface area contributed by atoms with Crippen molar-refractivity contribution >= 4 is 21.6 Å². The van der Waals surface area contributed by atoms with Crippen molar-refractivity contribution in [1.82, 2.24) is 10.2 Å². The van der Waals surface area contributed by atoms with E-state index in [2.05, 4.69) is 58.6 Å². The van der Waals surface area contributed by atoms with E-state index >= 15 is 0 Å². The molecule has 0 bridgehead atoms. The summed E-state index contributed by atoms with van der Waals surface area (Å²) >= 11 is 0. The molecule has 6 heteroatoms. The molecule has 0 aromatic carbocycles. The predicted octanol–water partition coefficient (Wildman–Crippen LogP) is 3.43. The largest absolute Gasteiger partial charge is 0.496 e. The lowest BCUT2D eigenvalue weighted by molar-refractivity contribution is 0.278. The van der Waals surface area contributed by atoms with E-state index in [-0.39, 0.29) is 10.3 Å². The Morgan fingerprint density at radius 3 is 2.50 bits per heavy atom. The second-order valence-electron chi connectivity index (χ2n) is 6.87. The molecule has 0 spiro atoms. The number of nitrogens with two attached hydrogens (primary N) is 1. The van der Waals surface area contributed by atoms with Crippen molar-refractivity contribution in [3.63, 3.8) is 0 Å². The Morgan fingerprint density at radius 2 is 1.95 bits per heavy atom. The van der Waals surface area contributed by atoms with Gasteiger partial charge < -0.3 is 20.7 Å². The van der Waals surface area contributed by atoms with Crippen molar-refractivity contribution in [2.75, 3.05) is 33.0 Å². The van der Waals surface area contributed by atoms with Gasteiger partial charge in [0.05, 0.1) is 12.0 Å². The number of hydrogen-bond acceptors (Lipinski definition) is 6. The zero-order valence-electron chi connectivity index (χ0n) is 14.9. The molecule has 0 aromatic rings. The van der Waals surface area contributed by atoms with Gasteiger partial charge in [0.15, 0.2) is 0 Å². The Labute approximate surface area is 144 Å². The van der Waals surface area contributed by atoms with E-state index in [9.17, 15) is 0 Å². The second-order valence-corrected chi connectivity index (χ2v) is 9.99. The summed E-state index contributed by atoms with van der Waals surface area (Å²) in [6.07, 6.45) is 4.27. The van der Waals surface area contributed by atoms with Gasteiger partial charge in [0, 0.05) is 28.8 Å². The van der Waals surface area contributed by atoms with E-state index in [1.54, 1.807) is 0 Å². The van der Waals surface area contributed by atoms with Crippen LogP contribution in [-0.4, -0.2) is 48.2 Å². The molecule has 0 aliphatic rings. The first-order valence-electron chi connectivity index (χ1n) is 7.48. The summed E-state index contributed by atoms with van der Waals surface area (Å²) in [5.41, 5.74) is 6.50. The molecule has 0 aliphatic heterocycles. The number of nitrogens with zero attached hydrogens (tertiary/aromatic N) is 1. The monoisotopic (exact) mass is 347 g/mol. The van der Waals surface area contributed by atoms with E-state index < -0.39 is 0 Å². The Morgan fingerprint density at radius 1 is 1.32 bits per heavy atom. The highest BCUT2D eigenvalue weighted by molar-refractivity contribution is 8.77. The van der Waals surface area contributed by atoms with Crippen molar-refractivity contribution in [2.45, 2.75) is 44.4 Å². The second kappa shape index (κ2) is 10.3. The van der Waals surface area contributed by atoms with Crippen LogP contribution in [0.5, 0.6) is 0 Å². The van der Waals surface area contributed by atoms with Crippen LogP contribution in [0.25, 0.3) is 0 Å². The van der Waals surface area contributed by atoms with Crippen LogP contribution in [0, 0.1) is 0 Å². The molecule has 0 fully saturated rings. The van der Waals surface area contributed by atoms with Gasteiger partial charge in [0.1, 0.15) is 6.61 Å². The fraction of sp³-hybridized carbons (Fsp3) is 0.750. The Hall–Kier alpha value is -0.460. The lowest BCUT2D eigenvalue weighted by Gasteiger charge is -2.34. The van der Waals surface area contributed by atoms with Crippen molar-refractivity contribution in [3.8, 4) is 0 Å². The van der Waals surface area contributed by atoms with Gasteiger partial charge in [0.2, 0.25) is 0 Å². The first-order valence-corrected chi connectivity index (χ1v) is 9.80. The summed E-state index contributed by atoms with van der Waals surface area (Å²) in [7, 11) is 8.11. The molecule has 22 heavy (non-hydrogen) atoms. The van der Waals surface area contributed by atoms with Crippen LogP contribution < -0.4 is 11.1 Å². The standard InChI is InChI=1S/C16H33N3OS2/c1-8-20-12-14(17)11-18-15(2,3)13-16(4,5)22-21-10-9-19(6)7/h8,11,18H,1,9-10,12-13,17H2,2-7H3/b14-11-.